The van der Waals surface area contributed by atoms with Crippen LogP contribution < -0.4 is 5.32 Å². The normalized spacial score (nSPS) is 19.5. The fraction of sp³-hybridized carbons (Fsp3) is 0.286. The van der Waals surface area contributed by atoms with Gasteiger partial charge in [-0.05, 0) is 56.0 Å². The van der Waals surface area contributed by atoms with Gasteiger partial charge in [0.1, 0.15) is 11.5 Å². The molecule has 2 fully saturated rings. The van der Waals surface area contributed by atoms with Crippen molar-refractivity contribution in [2.75, 3.05) is 33.2 Å². The molecule has 4 rings (SSSR count). The van der Waals surface area contributed by atoms with Gasteiger partial charge in [0.05, 0.1) is 4.91 Å². The Hall–Kier alpha value is -2.84. The van der Waals surface area contributed by atoms with Gasteiger partial charge >= 0.3 is 0 Å². The summed E-state index contributed by atoms with van der Waals surface area (Å²) in [5, 5.41) is 1.82. The Morgan fingerprint density at radius 3 is 2.79 bits per heavy atom. The summed E-state index contributed by atoms with van der Waals surface area (Å²) in [7, 11) is 2.07. The number of benzene rings is 1. The van der Waals surface area contributed by atoms with Gasteiger partial charge in [0.25, 0.3) is 17.1 Å². The molecule has 0 radical (unpaired) electrons. The smallest absolute Gasteiger partial charge is 0.290 e. The molecular formula is C21H21N3O4S. The fourth-order valence-corrected chi connectivity index (χ4v) is 4.04. The van der Waals surface area contributed by atoms with Gasteiger partial charge in [-0.1, -0.05) is 12.1 Å². The van der Waals surface area contributed by atoms with E-state index in [0.717, 1.165) is 49.9 Å². The van der Waals surface area contributed by atoms with Crippen LogP contribution in [0.5, 0.6) is 0 Å². The summed E-state index contributed by atoms with van der Waals surface area (Å²) >= 11 is 0.845. The molecule has 0 saturated carbocycles. The van der Waals surface area contributed by atoms with Crippen LogP contribution in [-0.4, -0.2) is 60.1 Å². The van der Waals surface area contributed by atoms with E-state index in [-0.39, 0.29) is 11.1 Å². The van der Waals surface area contributed by atoms with Gasteiger partial charge in [-0.3, -0.25) is 19.7 Å². The number of likely N-dealkylation sites (N-methyl/N-ethyl adjacent to an activating group) is 1. The quantitative estimate of drug-likeness (QED) is 0.782. The Balaban J connectivity index is 1.53. The van der Waals surface area contributed by atoms with Gasteiger partial charge in [0.2, 0.25) is 0 Å². The second kappa shape index (κ2) is 8.26. The van der Waals surface area contributed by atoms with Crippen molar-refractivity contribution < 1.29 is 18.8 Å². The molecule has 0 bridgehead atoms. The predicted octanol–water partition coefficient (Wildman–Crippen LogP) is 3.05. The first-order chi connectivity index (χ1) is 14.0. The van der Waals surface area contributed by atoms with E-state index < -0.39 is 5.91 Å². The number of rotatable bonds is 3. The zero-order chi connectivity index (χ0) is 20.4. The summed E-state index contributed by atoms with van der Waals surface area (Å²) in [4.78, 5) is 40.3. The van der Waals surface area contributed by atoms with E-state index in [1.54, 1.807) is 12.1 Å². The van der Waals surface area contributed by atoms with E-state index in [0.29, 0.717) is 22.0 Å². The number of furan rings is 1. The molecule has 1 aromatic heterocycles. The fourth-order valence-electron chi connectivity index (χ4n) is 3.37. The van der Waals surface area contributed by atoms with Crippen molar-refractivity contribution in [2.45, 2.75) is 6.42 Å². The predicted molar refractivity (Wildman–Crippen MR) is 111 cm³/mol. The van der Waals surface area contributed by atoms with Gasteiger partial charge < -0.3 is 14.2 Å². The van der Waals surface area contributed by atoms with Crippen LogP contribution in [0, 0.1) is 0 Å². The molecule has 0 unspecified atom stereocenters. The molecule has 3 amide bonds. The van der Waals surface area contributed by atoms with Crippen LogP contribution in [0.15, 0.2) is 45.7 Å². The molecule has 29 heavy (non-hydrogen) atoms. The van der Waals surface area contributed by atoms with Gasteiger partial charge in [0.15, 0.2) is 0 Å². The minimum absolute atomic E-state index is 0.0218. The topological polar surface area (TPSA) is 82.9 Å². The third-order valence-electron chi connectivity index (χ3n) is 4.94. The number of hydrogen-bond donors (Lipinski definition) is 1. The first kappa shape index (κ1) is 19.5. The number of nitrogens with zero attached hydrogens (tertiary/aromatic N) is 2. The number of imide groups is 1. The third-order valence-corrected chi connectivity index (χ3v) is 5.75. The molecule has 150 valence electrons. The average Bonchev–Trinajstić information content (AvgIpc) is 3.23. The third kappa shape index (κ3) is 4.44. The van der Waals surface area contributed by atoms with E-state index in [2.05, 4.69) is 17.3 Å². The Labute approximate surface area is 172 Å². The lowest BCUT2D eigenvalue weighted by molar-refractivity contribution is -0.115. The molecule has 0 atom stereocenters. The number of hydrogen-bond acceptors (Lipinski definition) is 6. The number of carbonyl (C=O) groups is 3. The molecule has 2 aliphatic rings. The maximum absolute atomic E-state index is 12.9. The minimum atomic E-state index is -0.423. The SMILES string of the molecule is CN1CCCN(C(=O)c2cccc(-c3ccc(/C=C4\SC(=O)NC4=O)o3)c2)CC1. The van der Waals surface area contributed by atoms with E-state index in [4.69, 9.17) is 4.42 Å². The molecule has 8 heteroatoms. The summed E-state index contributed by atoms with van der Waals surface area (Å²) in [6.07, 6.45) is 2.50. The van der Waals surface area contributed by atoms with Crippen molar-refractivity contribution in [1.29, 1.82) is 0 Å². The van der Waals surface area contributed by atoms with Gasteiger partial charge in [-0.15, -0.1) is 0 Å². The zero-order valence-corrected chi connectivity index (χ0v) is 16.8. The lowest BCUT2D eigenvalue weighted by Gasteiger charge is -2.20. The lowest BCUT2D eigenvalue weighted by atomic mass is 10.1. The molecule has 2 aromatic rings. The monoisotopic (exact) mass is 411 g/mol. The highest BCUT2D eigenvalue weighted by atomic mass is 32.2. The molecule has 2 saturated heterocycles. The van der Waals surface area contributed by atoms with Crippen molar-refractivity contribution in [3.8, 4) is 11.3 Å². The van der Waals surface area contributed by atoms with Crippen molar-refractivity contribution in [3.63, 3.8) is 0 Å². The molecule has 0 aliphatic carbocycles. The maximum atomic E-state index is 12.9. The Kier molecular flexibility index (Phi) is 5.55. The largest absolute Gasteiger partial charge is 0.457 e. The lowest BCUT2D eigenvalue weighted by Crippen LogP contribution is -2.34. The van der Waals surface area contributed by atoms with E-state index >= 15 is 0 Å². The van der Waals surface area contributed by atoms with Crippen molar-refractivity contribution >= 4 is 34.9 Å². The van der Waals surface area contributed by atoms with Crippen molar-refractivity contribution in [3.05, 3.63) is 52.6 Å². The van der Waals surface area contributed by atoms with Gasteiger partial charge in [-0.25, -0.2) is 0 Å². The van der Waals surface area contributed by atoms with E-state index in [1.165, 1.54) is 6.08 Å². The maximum Gasteiger partial charge on any atom is 0.290 e. The molecule has 2 aliphatic heterocycles. The summed E-state index contributed by atoms with van der Waals surface area (Å²) in [6.45, 7) is 3.34. The highest BCUT2D eigenvalue weighted by Gasteiger charge is 2.25. The Bertz CT molecular complexity index is 997. The first-order valence-electron chi connectivity index (χ1n) is 9.42. The molecule has 3 heterocycles. The molecule has 0 spiro atoms. The van der Waals surface area contributed by atoms with Gasteiger partial charge in [-0.2, -0.15) is 0 Å². The summed E-state index contributed by atoms with van der Waals surface area (Å²) < 4.78 is 5.82. The number of carbonyl (C=O) groups excluding carboxylic acids is 3. The zero-order valence-electron chi connectivity index (χ0n) is 16.0. The average molecular weight is 411 g/mol. The van der Waals surface area contributed by atoms with Crippen molar-refractivity contribution in [1.82, 2.24) is 15.1 Å². The van der Waals surface area contributed by atoms with Crippen LogP contribution >= 0.6 is 11.8 Å². The highest BCUT2D eigenvalue weighted by Crippen LogP contribution is 2.29. The van der Waals surface area contributed by atoms with Crippen LogP contribution in [0.3, 0.4) is 0 Å². The van der Waals surface area contributed by atoms with Crippen molar-refractivity contribution in [2.24, 2.45) is 0 Å². The van der Waals surface area contributed by atoms with Gasteiger partial charge in [0, 0.05) is 36.8 Å². The second-order valence-corrected chi connectivity index (χ2v) is 8.10. The highest BCUT2D eigenvalue weighted by molar-refractivity contribution is 8.18. The van der Waals surface area contributed by atoms with E-state index in [1.807, 2.05) is 29.2 Å². The summed E-state index contributed by atoms with van der Waals surface area (Å²) in [6, 6.07) is 10.9. The van der Waals surface area contributed by atoms with Crippen LogP contribution in [0.4, 0.5) is 4.79 Å². The molecule has 7 nitrogen and oxygen atoms in total. The second-order valence-electron chi connectivity index (χ2n) is 7.08. The van der Waals surface area contributed by atoms with Crippen LogP contribution in [0.2, 0.25) is 0 Å². The van der Waals surface area contributed by atoms with Crippen LogP contribution in [0.25, 0.3) is 17.4 Å². The molecule has 1 N–H and O–H groups in total. The minimum Gasteiger partial charge on any atom is -0.457 e. The Morgan fingerprint density at radius 1 is 1.14 bits per heavy atom. The molecular weight excluding hydrogens is 390 g/mol. The standard InChI is InChI=1S/C21H21N3O4S/c1-23-8-3-9-24(11-10-23)20(26)15-5-2-4-14(12-15)17-7-6-16(28-17)13-18-19(25)22-21(27)29-18/h2,4-7,12-13H,3,8-11H2,1H3,(H,22,25,27)/b18-13-. The van der Waals surface area contributed by atoms with Crippen LogP contribution in [0.1, 0.15) is 22.5 Å². The molecule has 1 aromatic carbocycles. The first-order valence-corrected chi connectivity index (χ1v) is 10.2. The summed E-state index contributed by atoms with van der Waals surface area (Å²) in [5.74, 6) is 0.665. The number of nitrogens with one attached hydrogen (secondary N) is 1. The Morgan fingerprint density at radius 2 is 2.00 bits per heavy atom. The number of amides is 3. The number of thioether (sulfide) groups is 1. The summed E-state index contributed by atoms with van der Waals surface area (Å²) in [5.41, 5.74) is 1.41. The van der Waals surface area contributed by atoms with E-state index in [9.17, 15) is 14.4 Å². The van der Waals surface area contributed by atoms with Crippen LogP contribution in [-0.2, 0) is 4.79 Å².